The lowest BCUT2D eigenvalue weighted by atomic mass is 10.4. The molecule has 1 heterocycles. The van der Waals surface area contributed by atoms with Crippen LogP contribution in [0.25, 0.3) is 0 Å². The molecule has 0 amide bonds. The van der Waals surface area contributed by atoms with Crippen LogP contribution in [-0.4, -0.2) is 35.9 Å². The topological polar surface area (TPSA) is 107 Å². The fraction of sp³-hybridized carbons (Fsp3) is 0.500. The van der Waals surface area contributed by atoms with Crippen molar-refractivity contribution in [2.75, 3.05) is 12.8 Å². The molecular weight excluding hydrogens is 256 g/mol. The second kappa shape index (κ2) is 4.80. The van der Waals surface area contributed by atoms with Gasteiger partial charge in [0.1, 0.15) is 0 Å². The summed E-state index contributed by atoms with van der Waals surface area (Å²) in [6.07, 6.45) is 3.41. The number of hydrogen-bond acceptors (Lipinski definition) is 6. The van der Waals surface area contributed by atoms with E-state index in [-0.39, 0.29) is 12.4 Å². The summed E-state index contributed by atoms with van der Waals surface area (Å²) in [6.45, 7) is -0.0627. The van der Waals surface area contributed by atoms with Gasteiger partial charge in [-0.1, -0.05) is 4.68 Å². The second-order valence-electron chi connectivity index (χ2n) is 3.00. The number of nitrogens with one attached hydrogen (secondary N) is 1. The molecule has 0 aliphatic heterocycles. The normalized spacial score (nSPS) is 13.6. The third-order valence-corrected chi connectivity index (χ3v) is 2.77. The van der Waals surface area contributed by atoms with Gasteiger partial charge in [-0.3, -0.25) is 0 Å². The minimum absolute atomic E-state index is 0.0627. The summed E-state index contributed by atoms with van der Waals surface area (Å²) in [7, 11) is -3.35. The zero-order valence-corrected chi connectivity index (χ0v) is 9.98. The highest BCUT2D eigenvalue weighted by Crippen LogP contribution is 2.16. The van der Waals surface area contributed by atoms with E-state index in [1.165, 1.54) is 12.4 Å². The molecule has 1 aromatic heterocycles. The minimum atomic E-state index is -3.35. The first kappa shape index (κ1) is 12.9. The standard InChI is InChI=1S/C6H10N4O4S2/c1-16(13,14)8-4-5(15)6-7-2-3-9(6)10(11)12/h2-3,5,8,15H,4H2,1H3. The zero-order valence-electron chi connectivity index (χ0n) is 8.27. The molecule has 1 rings (SSSR count). The first-order chi connectivity index (χ1) is 7.31. The first-order valence-electron chi connectivity index (χ1n) is 4.12. The number of thiol groups is 1. The molecule has 0 saturated carbocycles. The van der Waals surface area contributed by atoms with Gasteiger partial charge in [0.2, 0.25) is 10.0 Å². The van der Waals surface area contributed by atoms with Crippen molar-refractivity contribution in [3.63, 3.8) is 0 Å². The molecule has 0 bridgehead atoms. The smallest absolute Gasteiger partial charge is 0.208 e. The summed E-state index contributed by atoms with van der Waals surface area (Å²) in [5, 5.41) is 9.20. The van der Waals surface area contributed by atoms with Gasteiger partial charge in [0.25, 0.3) is 0 Å². The van der Waals surface area contributed by atoms with Gasteiger partial charge in [0.05, 0.1) is 23.9 Å². The molecule has 8 nitrogen and oxygen atoms in total. The lowest BCUT2D eigenvalue weighted by molar-refractivity contribution is -0.543. The van der Waals surface area contributed by atoms with Gasteiger partial charge in [-0.25, -0.2) is 28.2 Å². The van der Waals surface area contributed by atoms with Gasteiger partial charge >= 0.3 is 0 Å². The van der Waals surface area contributed by atoms with Gasteiger partial charge in [-0.15, -0.1) is 0 Å². The Hall–Kier alpha value is -1.13. The lowest BCUT2D eigenvalue weighted by Gasteiger charge is -2.08. The summed E-state index contributed by atoms with van der Waals surface area (Å²) in [5.41, 5.74) is 0. The average Bonchev–Trinajstić information content (AvgIpc) is 2.61. The van der Waals surface area contributed by atoms with Crippen LogP contribution in [-0.2, 0) is 10.0 Å². The van der Waals surface area contributed by atoms with Crippen LogP contribution in [0.2, 0.25) is 0 Å². The quantitative estimate of drug-likeness (QED) is 0.422. The molecule has 0 aliphatic rings. The summed E-state index contributed by atoms with van der Waals surface area (Å²) in [6, 6.07) is 0. The Morgan fingerprint density at radius 1 is 1.75 bits per heavy atom. The van der Waals surface area contributed by atoms with Gasteiger partial charge in [0.15, 0.2) is 10.9 Å². The number of rotatable bonds is 5. The lowest BCUT2D eigenvalue weighted by Crippen LogP contribution is -2.27. The third kappa shape index (κ3) is 3.47. The highest BCUT2D eigenvalue weighted by atomic mass is 32.2. The van der Waals surface area contributed by atoms with E-state index in [9.17, 15) is 18.5 Å². The largest absolute Gasteiger partial charge is 0.235 e. The van der Waals surface area contributed by atoms with Crippen LogP contribution < -0.4 is 4.72 Å². The van der Waals surface area contributed by atoms with Gasteiger partial charge in [0, 0.05) is 6.54 Å². The number of nitrogens with zero attached hydrogens (tertiary/aromatic N) is 3. The van der Waals surface area contributed by atoms with Crippen LogP contribution in [0.3, 0.4) is 0 Å². The van der Waals surface area contributed by atoms with E-state index in [2.05, 4.69) is 22.3 Å². The fourth-order valence-electron chi connectivity index (χ4n) is 1.01. The molecule has 0 aromatic carbocycles. The van der Waals surface area contributed by atoms with E-state index in [0.29, 0.717) is 4.68 Å². The molecule has 1 N–H and O–H groups in total. The van der Waals surface area contributed by atoms with Gasteiger partial charge in [-0.05, 0) is 0 Å². The molecule has 10 heteroatoms. The van der Waals surface area contributed by atoms with E-state index >= 15 is 0 Å². The number of nitro groups is 1. The number of imidazole rings is 1. The molecule has 0 fully saturated rings. The predicted molar refractivity (Wildman–Crippen MR) is 59.2 cm³/mol. The maximum Gasteiger partial charge on any atom is 0.208 e. The van der Waals surface area contributed by atoms with Crippen molar-refractivity contribution < 1.29 is 13.5 Å². The maximum absolute atomic E-state index is 10.8. The maximum atomic E-state index is 10.8. The Kier molecular flexibility index (Phi) is 3.88. The molecule has 1 atom stereocenters. The van der Waals surface area contributed by atoms with Crippen LogP contribution in [0, 0.1) is 10.1 Å². The Morgan fingerprint density at radius 2 is 2.38 bits per heavy atom. The highest BCUT2D eigenvalue weighted by Gasteiger charge is 2.19. The summed E-state index contributed by atoms with van der Waals surface area (Å²) in [4.78, 5) is 14.3. The summed E-state index contributed by atoms with van der Waals surface area (Å²) in [5.74, 6) is 0.0736. The summed E-state index contributed by atoms with van der Waals surface area (Å²) < 4.78 is 24.5. The zero-order chi connectivity index (χ0) is 12.3. The monoisotopic (exact) mass is 266 g/mol. The molecule has 1 aromatic rings. The van der Waals surface area contributed by atoms with Crippen LogP contribution in [0.4, 0.5) is 0 Å². The van der Waals surface area contributed by atoms with E-state index in [0.717, 1.165) is 6.26 Å². The van der Waals surface area contributed by atoms with Crippen molar-refractivity contribution in [1.29, 1.82) is 0 Å². The average molecular weight is 266 g/mol. The number of aromatic nitrogens is 2. The Bertz CT molecular complexity index is 482. The van der Waals surface area contributed by atoms with Crippen molar-refractivity contribution in [3.05, 3.63) is 28.3 Å². The molecule has 90 valence electrons. The Balaban J connectivity index is 2.77. The predicted octanol–water partition coefficient (Wildman–Crippen LogP) is -0.557. The Labute approximate surface area is 97.3 Å². The molecule has 0 radical (unpaired) electrons. The van der Waals surface area contributed by atoms with Crippen LogP contribution in [0.5, 0.6) is 0 Å². The van der Waals surface area contributed by atoms with Crippen molar-refractivity contribution in [1.82, 2.24) is 14.4 Å². The van der Waals surface area contributed by atoms with Crippen molar-refractivity contribution in [3.8, 4) is 0 Å². The van der Waals surface area contributed by atoms with E-state index < -0.39 is 20.3 Å². The van der Waals surface area contributed by atoms with E-state index in [1.807, 2.05) is 0 Å². The SMILES string of the molecule is CS(=O)(=O)NCC(S)c1nccn1[N+](=O)[O-]. The number of sulfonamides is 1. The van der Waals surface area contributed by atoms with Crippen molar-refractivity contribution in [2.24, 2.45) is 0 Å². The molecular formula is C6H10N4O4S2. The molecule has 16 heavy (non-hydrogen) atoms. The minimum Gasteiger partial charge on any atom is -0.235 e. The molecule has 0 saturated heterocycles. The van der Waals surface area contributed by atoms with Gasteiger partial charge < -0.3 is 0 Å². The first-order valence-corrected chi connectivity index (χ1v) is 6.52. The molecule has 0 aliphatic carbocycles. The van der Waals surface area contributed by atoms with E-state index in [1.54, 1.807) is 0 Å². The molecule has 1 unspecified atom stereocenters. The van der Waals surface area contributed by atoms with Crippen LogP contribution in [0.1, 0.15) is 11.1 Å². The number of hydrogen-bond donors (Lipinski definition) is 2. The van der Waals surface area contributed by atoms with Crippen LogP contribution in [0.15, 0.2) is 12.4 Å². The van der Waals surface area contributed by atoms with Crippen molar-refractivity contribution >= 4 is 22.7 Å². The Morgan fingerprint density at radius 3 is 2.88 bits per heavy atom. The van der Waals surface area contributed by atoms with Gasteiger partial charge in [-0.2, -0.15) is 12.6 Å². The van der Waals surface area contributed by atoms with Crippen LogP contribution >= 0.6 is 12.6 Å². The summed E-state index contributed by atoms with van der Waals surface area (Å²) >= 11 is 4.05. The fourth-order valence-corrected chi connectivity index (χ4v) is 1.88. The highest BCUT2D eigenvalue weighted by molar-refractivity contribution is 7.88. The second-order valence-corrected chi connectivity index (χ2v) is 5.46. The van der Waals surface area contributed by atoms with E-state index in [4.69, 9.17) is 0 Å². The van der Waals surface area contributed by atoms with Crippen molar-refractivity contribution in [2.45, 2.75) is 5.25 Å². The molecule has 0 spiro atoms. The third-order valence-electron chi connectivity index (χ3n) is 1.66.